The molecule has 1 N–H and O–H groups in total. The standard InChI is InChI=1S/C16H17N3O6S2/c1-9-13(26-16(17-9)18-27(3,22)23)14(20)19-8-12(15(21)24-2)25-11-7-5-4-6-10(11)19/h4-7,12H,8H2,1-3H3,(H,17,18). The Morgan fingerprint density at radius 2 is 2.07 bits per heavy atom. The smallest absolute Gasteiger partial charge is 0.348 e. The third kappa shape index (κ3) is 4.03. The van der Waals surface area contributed by atoms with E-state index in [4.69, 9.17) is 9.47 Å². The number of sulfonamides is 1. The van der Waals surface area contributed by atoms with Crippen LogP contribution in [0.2, 0.25) is 0 Å². The van der Waals surface area contributed by atoms with E-state index in [0.717, 1.165) is 17.6 Å². The van der Waals surface area contributed by atoms with Crippen LogP contribution in [0.4, 0.5) is 10.8 Å². The Hall–Kier alpha value is -2.66. The van der Waals surface area contributed by atoms with Gasteiger partial charge in [-0.3, -0.25) is 14.4 Å². The van der Waals surface area contributed by atoms with Crippen LogP contribution in [0, 0.1) is 6.92 Å². The minimum absolute atomic E-state index is 0.0330. The molecule has 3 rings (SSSR count). The molecule has 1 aliphatic heterocycles. The summed E-state index contributed by atoms with van der Waals surface area (Å²) in [5.41, 5.74) is 0.891. The van der Waals surface area contributed by atoms with Crippen LogP contribution < -0.4 is 14.4 Å². The molecule has 0 saturated heterocycles. The second kappa shape index (κ2) is 7.16. The van der Waals surface area contributed by atoms with Crippen LogP contribution in [0.25, 0.3) is 0 Å². The number of rotatable bonds is 4. The summed E-state index contributed by atoms with van der Waals surface area (Å²) in [4.78, 5) is 30.8. The maximum atomic E-state index is 13.1. The van der Waals surface area contributed by atoms with Crippen LogP contribution in [0.1, 0.15) is 15.4 Å². The van der Waals surface area contributed by atoms with E-state index in [0.29, 0.717) is 17.1 Å². The number of thiazole rings is 1. The highest BCUT2D eigenvalue weighted by Gasteiger charge is 2.36. The molecule has 9 nitrogen and oxygen atoms in total. The quantitative estimate of drug-likeness (QED) is 0.756. The molecule has 0 fully saturated rings. The van der Waals surface area contributed by atoms with Gasteiger partial charge in [0.15, 0.2) is 5.13 Å². The lowest BCUT2D eigenvalue weighted by Crippen LogP contribution is -2.47. The lowest BCUT2D eigenvalue weighted by atomic mass is 10.1. The maximum absolute atomic E-state index is 13.1. The van der Waals surface area contributed by atoms with E-state index in [-0.39, 0.29) is 16.6 Å². The second-order valence-corrected chi connectivity index (χ2v) is 8.57. The number of aryl methyl sites for hydroxylation is 1. The Bertz CT molecular complexity index is 1000. The zero-order chi connectivity index (χ0) is 19.8. The van der Waals surface area contributed by atoms with Crippen LogP contribution in [0.3, 0.4) is 0 Å². The number of anilines is 2. The van der Waals surface area contributed by atoms with Gasteiger partial charge in [0.2, 0.25) is 16.1 Å². The molecule has 1 aromatic carbocycles. The average molecular weight is 411 g/mol. The molecule has 1 aliphatic rings. The van der Waals surface area contributed by atoms with E-state index in [2.05, 4.69) is 9.71 Å². The summed E-state index contributed by atoms with van der Waals surface area (Å²) in [5.74, 6) is -0.622. The molecular weight excluding hydrogens is 394 g/mol. The van der Waals surface area contributed by atoms with Crippen LogP contribution in [-0.4, -0.2) is 51.3 Å². The third-order valence-electron chi connectivity index (χ3n) is 3.75. The van der Waals surface area contributed by atoms with Crippen molar-refractivity contribution in [1.29, 1.82) is 0 Å². The summed E-state index contributed by atoms with van der Waals surface area (Å²) in [5, 5.41) is 0.101. The molecule has 1 amide bonds. The zero-order valence-electron chi connectivity index (χ0n) is 14.8. The van der Waals surface area contributed by atoms with E-state index in [1.165, 1.54) is 12.0 Å². The molecule has 0 spiro atoms. The van der Waals surface area contributed by atoms with Crippen molar-refractivity contribution in [2.75, 3.05) is 29.5 Å². The number of nitrogens with zero attached hydrogens (tertiary/aromatic N) is 2. The van der Waals surface area contributed by atoms with Crippen molar-refractivity contribution >= 4 is 44.1 Å². The number of hydrogen-bond acceptors (Lipinski definition) is 8. The fourth-order valence-corrected chi connectivity index (χ4v) is 4.35. The number of benzene rings is 1. The topological polar surface area (TPSA) is 115 Å². The SMILES string of the molecule is COC(=O)C1CN(C(=O)c2sc(NS(C)(=O)=O)nc2C)c2ccccc2O1. The second-order valence-electron chi connectivity index (χ2n) is 5.82. The monoisotopic (exact) mass is 411 g/mol. The Balaban J connectivity index is 1.97. The summed E-state index contributed by atoms with van der Waals surface area (Å²) in [7, 11) is -2.27. The van der Waals surface area contributed by atoms with Crippen molar-refractivity contribution in [3.63, 3.8) is 0 Å². The molecular formula is C16H17N3O6S2. The molecule has 0 radical (unpaired) electrons. The summed E-state index contributed by atoms with van der Waals surface area (Å²) < 4.78 is 35.4. The van der Waals surface area contributed by atoms with Crippen molar-refractivity contribution in [2.45, 2.75) is 13.0 Å². The van der Waals surface area contributed by atoms with Crippen molar-refractivity contribution in [2.24, 2.45) is 0 Å². The number of amides is 1. The van der Waals surface area contributed by atoms with Crippen LogP contribution in [-0.2, 0) is 19.6 Å². The first-order valence-corrected chi connectivity index (χ1v) is 10.5. The minimum atomic E-state index is -3.51. The van der Waals surface area contributed by atoms with Gasteiger partial charge < -0.3 is 9.47 Å². The number of hydrogen-bond donors (Lipinski definition) is 1. The number of esters is 1. The first-order valence-electron chi connectivity index (χ1n) is 7.80. The van der Waals surface area contributed by atoms with Crippen molar-refractivity contribution < 1.29 is 27.5 Å². The number of nitrogens with one attached hydrogen (secondary N) is 1. The molecule has 144 valence electrons. The minimum Gasteiger partial charge on any atom is -0.475 e. The van der Waals surface area contributed by atoms with Gasteiger partial charge in [-0.05, 0) is 19.1 Å². The van der Waals surface area contributed by atoms with Gasteiger partial charge in [0.05, 0.1) is 31.3 Å². The first kappa shape index (κ1) is 19.1. The molecule has 11 heteroatoms. The average Bonchev–Trinajstić information content (AvgIpc) is 2.97. The number of carbonyl (C=O) groups excluding carboxylic acids is 2. The number of carbonyl (C=O) groups is 2. The van der Waals surface area contributed by atoms with Crippen LogP contribution in [0.15, 0.2) is 24.3 Å². The van der Waals surface area contributed by atoms with Gasteiger partial charge in [0.1, 0.15) is 10.6 Å². The number of aromatic nitrogens is 1. The molecule has 0 aliphatic carbocycles. The first-order chi connectivity index (χ1) is 12.7. The van der Waals surface area contributed by atoms with E-state index in [9.17, 15) is 18.0 Å². The number of fused-ring (bicyclic) bond motifs is 1. The van der Waals surface area contributed by atoms with Gasteiger partial charge in [-0.2, -0.15) is 0 Å². The molecule has 2 aromatic rings. The largest absolute Gasteiger partial charge is 0.475 e. The maximum Gasteiger partial charge on any atom is 0.348 e. The Kier molecular flexibility index (Phi) is 5.07. The Morgan fingerprint density at radius 1 is 1.37 bits per heavy atom. The third-order valence-corrected chi connectivity index (χ3v) is 5.50. The van der Waals surface area contributed by atoms with Gasteiger partial charge in [-0.1, -0.05) is 23.5 Å². The van der Waals surface area contributed by atoms with Crippen molar-refractivity contribution in [3.8, 4) is 5.75 Å². The molecule has 0 saturated carbocycles. The summed E-state index contributed by atoms with van der Waals surface area (Å²) in [6.07, 6.45) is 0.0420. The fraction of sp³-hybridized carbons (Fsp3) is 0.312. The Morgan fingerprint density at radius 3 is 2.74 bits per heavy atom. The molecule has 1 unspecified atom stereocenters. The lowest BCUT2D eigenvalue weighted by Gasteiger charge is -2.33. The summed E-state index contributed by atoms with van der Waals surface area (Å²) in [6, 6.07) is 6.83. The highest BCUT2D eigenvalue weighted by molar-refractivity contribution is 7.92. The number of ether oxygens (including phenoxy) is 2. The molecule has 0 bridgehead atoms. The lowest BCUT2D eigenvalue weighted by molar-refractivity contribution is -0.148. The number of para-hydroxylation sites is 2. The van der Waals surface area contributed by atoms with Crippen LogP contribution in [0.5, 0.6) is 5.75 Å². The highest BCUT2D eigenvalue weighted by atomic mass is 32.2. The summed E-state index contributed by atoms with van der Waals surface area (Å²) >= 11 is 0.929. The normalized spacial score (nSPS) is 16.3. The van der Waals surface area contributed by atoms with E-state index in [1.54, 1.807) is 31.2 Å². The fourth-order valence-electron chi connectivity index (χ4n) is 2.60. The van der Waals surface area contributed by atoms with Gasteiger partial charge in [-0.15, -0.1) is 0 Å². The Labute approximate surface area is 160 Å². The predicted molar refractivity (Wildman–Crippen MR) is 99.9 cm³/mol. The molecule has 1 aromatic heterocycles. The van der Waals surface area contributed by atoms with E-state index < -0.39 is 28.0 Å². The van der Waals surface area contributed by atoms with Gasteiger partial charge in [0, 0.05) is 0 Å². The molecule has 1 atom stereocenters. The van der Waals surface area contributed by atoms with Gasteiger partial charge in [-0.25, -0.2) is 18.2 Å². The van der Waals surface area contributed by atoms with Gasteiger partial charge in [0.25, 0.3) is 5.91 Å². The van der Waals surface area contributed by atoms with Gasteiger partial charge >= 0.3 is 5.97 Å². The van der Waals surface area contributed by atoms with Crippen molar-refractivity contribution in [3.05, 3.63) is 34.8 Å². The number of methoxy groups -OCH3 is 1. The van der Waals surface area contributed by atoms with Crippen molar-refractivity contribution in [1.82, 2.24) is 4.98 Å². The van der Waals surface area contributed by atoms with E-state index >= 15 is 0 Å². The van der Waals surface area contributed by atoms with E-state index in [1.807, 2.05) is 0 Å². The highest BCUT2D eigenvalue weighted by Crippen LogP contribution is 2.36. The molecule has 27 heavy (non-hydrogen) atoms. The van der Waals surface area contributed by atoms with Crippen LogP contribution >= 0.6 is 11.3 Å². The summed E-state index contributed by atoms with van der Waals surface area (Å²) in [6.45, 7) is 1.58. The predicted octanol–water partition coefficient (Wildman–Crippen LogP) is 1.40. The molecule has 2 heterocycles. The zero-order valence-corrected chi connectivity index (χ0v) is 16.4.